The maximum absolute atomic E-state index is 12.8. The summed E-state index contributed by atoms with van der Waals surface area (Å²) in [5.74, 6) is -0.883. The molecule has 0 aliphatic heterocycles. The number of hydrogen-bond donors (Lipinski definition) is 0. The van der Waals surface area contributed by atoms with Gasteiger partial charge in [-0.15, -0.1) is 0 Å². The van der Waals surface area contributed by atoms with Crippen molar-refractivity contribution < 1.29 is 28.6 Å². The zero-order chi connectivity index (χ0) is 53.6. The molecule has 1 atom stereocenters. The molecular formula is C68H120O6. The van der Waals surface area contributed by atoms with Gasteiger partial charge in [0.05, 0.1) is 0 Å². The summed E-state index contributed by atoms with van der Waals surface area (Å²) >= 11 is 0. The van der Waals surface area contributed by atoms with Gasteiger partial charge in [-0.1, -0.05) is 273 Å². The van der Waals surface area contributed by atoms with Crippen LogP contribution in [0.15, 0.2) is 72.9 Å². The van der Waals surface area contributed by atoms with Crippen LogP contribution in [0.25, 0.3) is 0 Å². The molecule has 0 amide bonds. The molecule has 6 nitrogen and oxygen atoms in total. The number of ether oxygens (including phenoxy) is 3. The van der Waals surface area contributed by atoms with E-state index in [2.05, 4.69) is 93.7 Å². The van der Waals surface area contributed by atoms with Crippen LogP contribution in [0.4, 0.5) is 0 Å². The highest BCUT2D eigenvalue weighted by Crippen LogP contribution is 2.17. The highest BCUT2D eigenvalue weighted by Gasteiger charge is 2.19. The van der Waals surface area contributed by atoms with Crippen molar-refractivity contribution >= 4 is 17.9 Å². The fraction of sp³-hybridized carbons (Fsp3) is 0.779. The third-order valence-electron chi connectivity index (χ3n) is 13.9. The van der Waals surface area contributed by atoms with Crippen LogP contribution in [0, 0.1) is 0 Å². The van der Waals surface area contributed by atoms with Crippen LogP contribution in [-0.4, -0.2) is 37.2 Å². The minimum atomic E-state index is -0.780. The van der Waals surface area contributed by atoms with E-state index in [4.69, 9.17) is 14.2 Å². The van der Waals surface area contributed by atoms with E-state index < -0.39 is 6.10 Å². The predicted molar refractivity (Wildman–Crippen MR) is 321 cm³/mol. The summed E-state index contributed by atoms with van der Waals surface area (Å²) in [7, 11) is 0. The van der Waals surface area contributed by atoms with Gasteiger partial charge in [-0.25, -0.2) is 0 Å². The zero-order valence-electron chi connectivity index (χ0n) is 49.1. The number of rotatable bonds is 58. The summed E-state index contributed by atoms with van der Waals surface area (Å²) in [5, 5.41) is 0. The first-order valence-electron chi connectivity index (χ1n) is 31.9. The Morgan fingerprint density at radius 2 is 0.541 bits per heavy atom. The molecule has 0 fully saturated rings. The lowest BCUT2D eigenvalue weighted by Gasteiger charge is -2.18. The van der Waals surface area contributed by atoms with E-state index >= 15 is 0 Å². The van der Waals surface area contributed by atoms with Crippen LogP contribution in [0.1, 0.15) is 323 Å². The largest absolute Gasteiger partial charge is 0.462 e. The van der Waals surface area contributed by atoms with Crippen LogP contribution < -0.4 is 0 Å². The van der Waals surface area contributed by atoms with Gasteiger partial charge in [0.2, 0.25) is 0 Å². The Balaban J connectivity index is 4.11. The molecule has 0 rings (SSSR count). The quantitative estimate of drug-likeness (QED) is 0.0261. The number of hydrogen-bond acceptors (Lipinski definition) is 6. The molecule has 0 aromatic heterocycles. The van der Waals surface area contributed by atoms with Crippen molar-refractivity contribution in [3.8, 4) is 0 Å². The molecule has 0 radical (unpaired) electrons. The first kappa shape index (κ1) is 70.8. The van der Waals surface area contributed by atoms with E-state index in [1.807, 2.05) is 0 Å². The summed E-state index contributed by atoms with van der Waals surface area (Å²) in [4.78, 5) is 38.2. The molecule has 1 unspecified atom stereocenters. The topological polar surface area (TPSA) is 78.9 Å². The molecule has 0 aliphatic rings. The first-order chi connectivity index (χ1) is 36.5. The smallest absolute Gasteiger partial charge is 0.306 e. The van der Waals surface area contributed by atoms with Gasteiger partial charge in [-0.3, -0.25) is 14.4 Å². The molecule has 6 heteroatoms. The average Bonchev–Trinajstić information content (AvgIpc) is 3.40. The summed E-state index contributed by atoms with van der Waals surface area (Å²) < 4.78 is 16.9. The van der Waals surface area contributed by atoms with Gasteiger partial charge in [0, 0.05) is 19.3 Å². The highest BCUT2D eigenvalue weighted by atomic mass is 16.6. The Hall–Kier alpha value is -3.15. The van der Waals surface area contributed by atoms with Crippen LogP contribution in [0.3, 0.4) is 0 Å². The van der Waals surface area contributed by atoms with Crippen LogP contribution in [-0.2, 0) is 28.6 Å². The third kappa shape index (κ3) is 59.7. The van der Waals surface area contributed by atoms with Crippen LogP contribution >= 0.6 is 0 Å². The maximum atomic E-state index is 12.8. The molecule has 0 bridgehead atoms. The van der Waals surface area contributed by atoms with Crippen molar-refractivity contribution in [1.82, 2.24) is 0 Å². The Labute approximate surface area is 459 Å². The highest BCUT2D eigenvalue weighted by molar-refractivity contribution is 5.71. The Morgan fingerprint density at radius 3 is 0.878 bits per heavy atom. The average molecular weight is 1030 g/mol. The van der Waals surface area contributed by atoms with Crippen molar-refractivity contribution in [3.63, 3.8) is 0 Å². The maximum Gasteiger partial charge on any atom is 0.306 e. The fourth-order valence-corrected chi connectivity index (χ4v) is 9.12. The van der Waals surface area contributed by atoms with E-state index in [0.717, 1.165) is 103 Å². The second-order valence-electron chi connectivity index (χ2n) is 21.3. The molecule has 0 aliphatic carbocycles. The van der Waals surface area contributed by atoms with Crippen molar-refractivity contribution in [1.29, 1.82) is 0 Å². The van der Waals surface area contributed by atoms with Gasteiger partial charge in [-0.05, 0) is 103 Å². The molecule has 0 aromatic rings. The lowest BCUT2D eigenvalue weighted by molar-refractivity contribution is -0.167. The van der Waals surface area contributed by atoms with Gasteiger partial charge in [-0.2, -0.15) is 0 Å². The summed E-state index contributed by atoms with van der Waals surface area (Å²) in [6, 6.07) is 0. The second-order valence-corrected chi connectivity index (χ2v) is 21.3. The van der Waals surface area contributed by atoms with Crippen LogP contribution in [0.5, 0.6) is 0 Å². The predicted octanol–water partition coefficient (Wildman–Crippen LogP) is 21.7. The molecule has 0 aromatic carbocycles. The standard InChI is InChI=1S/C68H120O6/c1-4-7-10-13-16-19-22-24-26-27-28-29-30-31-32-33-34-35-36-37-38-39-40-41-42-44-46-49-52-55-58-61-67(70)73-64-65(63-72-66(69)60-57-54-51-48-45-21-18-15-12-9-6-3)74-68(71)62-59-56-53-50-47-43-25-23-20-17-14-11-8-5-2/h7,10,15-16,18-19,23-26,28-29,65H,4-6,8-9,11-14,17,20-22,27,30-64H2,1-3H3/b10-7-,18-15-,19-16-,25-23-,26-24-,29-28-. The Kier molecular flexibility index (Phi) is 59.7. The molecule has 428 valence electrons. The monoisotopic (exact) mass is 1030 g/mol. The van der Waals surface area contributed by atoms with E-state index in [9.17, 15) is 14.4 Å². The Morgan fingerprint density at radius 1 is 0.284 bits per heavy atom. The van der Waals surface area contributed by atoms with Gasteiger partial charge < -0.3 is 14.2 Å². The molecular weight excluding hydrogens is 913 g/mol. The van der Waals surface area contributed by atoms with Crippen molar-refractivity contribution in [3.05, 3.63) is 72.9 Å². The van der Waals surface area contributed by atoms with E-state index in [-0.39, 0.29) is 31.1 Å². The van der Waals surface area contributed by atoms with E-state index in [1.165, 1.54) is 180 Å². The van der Waals surface area contributed by atoms with Gasteiger partial charge >= 0.3 is 17.9 Å². The number of carbonyl (C=O) groups is 3. The SMILES string of the molecule is CC/C=C\C/C=C\C/C=C\C/C=C\CCCCCCCCCCCCCCCCCCCCC(=O)OCC(COC(=O)CCCCCCC/C=C\CCCC)OC(=O)CCCCCCC/C=C\CCCCCCC. The normalized spacial score (nSPS) is 12.5. The zero-order valence-corrected chi connectivity index (χ0v) is 49.1. The second kappa shape index (κ2) is 62.4. The lowest BCUT2D eigenvalue weighted by atomic mass is 10.0. The summed E-state index contributed by atoms with van der Waals surface area (Å²) in [6.45, 7) is 6.49. The third-order valence-corrected chi connectivity index (χ3v) is 13.9. The number of unbranched alkanes of at least 4 members (excludes halogenated alkanes) is 35. The molecule has 0 saturated carbocycles. The summed E-state index contributed by atoms with van der Waals surface area (Å²) in [6.07, 6.45) is 80.7. The van der Waals surface area contributed by atoms with Gasteiger partial charge in [0.15, 0.2) is 6.10 Å². The van der Waals surface area contributed by atoms with Crippen molar-refractivity contribution in [2.45, 2.75) is 329 Å². The summed E-state index contributed by atoms with van der Waals surface area (Å²) in [5.41, 5.74) is 0. The molecule has 74 heavy (non-hydrogen) atoms. The molecule has 0 heterocycles. The van der Waals surface area contributed by atoms with Gasteiger partial charge in [0.25, 0.3) is 0 Å². The van der Waals surface area contributed by atoms with E-state index in [0.29, 0.717) is 19.3 Å². The van der Waals surface area contributed by atoms with Crippen LogP contribution in [0.2, 0.25) is 0 Å². The van der Waals surface area contributed by atoms with E-state index in [1.54, 1.807) is 0 Å². The number of esters is 3. The first-order valence-corrected chi connectivity index (χ1v) is 31.9. The van der Waals surface area contributed by atoms with Crippen molar-refractivity contribution in [2.75, 3.05) is 13.2 Å². The number of allylic oxidation sites excluding steroid dienone is 12. The number of carbonyl (C=O) groups excluding carboxylic acids is 3. The van der Waals surface area contributed by atoms with Crippen molar-refractivity contribution in [2.24, 2.45) is 0 Å². The minimum absolute atomic E-state index is 0.0778. The Bertz CT molecular complexity index is 1370. The fourth-order valence-electron chi connectivity index (χ4n) is 9.12. The molecule has 0 spiro atoms. The van der Waals surface area contributed by atoms with Gasteiger partial charge in [0.1, 0.15) is 13.2 Å². The lowest BCUT2D eigenvalue weighted by Crippen LogP contribution is -2.30. The molecule has 0 saturated heterocycles. The minimum Gasteiger partial charge on any atom is -0.462 e. The molecule has 0 N–H and O–H groups in total.